The fourth-order valence-corrected chi connectivity index (χ4v) is 1.18. The minimum atomic E-state index is -0.811. The summed E-state index contributed by atoms with van der Waals surface area (Å²) in [6, 6.07) is 0. The van der Waals surface area contributed by atoms with Gasteiger partial charge in [-0.2, -0.15) is 11.8 Å². The van der Waals surface area contributed by atoms with Crippen LogP contribution in [0.15, 0.2) is 0 Å². The lowest BCUT2D eigenvalue weighted by atomic mass is 10.5. The van der Waals surface area contributed by atoms with Crippen molar-refractivity contribution in [3.63, 3.8) is 0 Å². The molecular weight excluding hydrogens is 142 g/mol. The van der Waals surface area contributed by atoms with Gasteiger partial charge in [0.15, 0.2) is 0 Å². The van der Waals surface area contributed by atoms with Gasteiger partial charge in [-0.3, -0.25) is 0 Å². The van der Waals surface area contributed by atoms with E-state index in [9.17, 15) is 8.78 Å². The van der Waals surface area contributed by atoms with Gasteiger partial charge in [-0.15, -0.1) is 0 Å². The smallest absolute Gasteiger partial charge is 0.106 e. The van der Waals surface area contributed by atoms with Gasteiger partial charge in [-0.05, 0) is 13.8 Å². The summed E-state index contributed by atoms with van der Waals surface area (Å²) >= 11 is 1.32. The Morgan fingerprint density at radius 3 is 1.67 bits per heavy atom. The fraction of sp³-hybridized carbons (Fsp3) is 1.00. The van der Waals surface area contributed by atoms with Crippen molar-refractivity contribution in [2.75, 3.05) is 11.5 Å². The second-order valence-electron chi connectivity index (χ2n) is 2.10. The van der Waals surface area contributed by atoms with Crippen molar-refractivity contribution in [1.82, 2.24) is 0 Å². The lowest BCUT2D eigenvalue weighted by Crippen LogP contribution is -2.02. The second-order valence-corrected chi connectivity index (χ2v) is 3.17. The Bertz CT molecular complexity index is 56.1. The van der Waals surface area contributed by atoms with Gasteiger partial charge in [0.25, 0.3) is 0 Å². The van der Waals surface area contributed by atoms with E-state index >= 15 is 0 Å². The molecule has 0 aromatic rings. The molecule has 2 atom stereocenters. The van der Waals surface area contributed by atoms with Crippen molar-refractivity contribution in [3.05, 3.63) is 0 Å². The molecule has 0 aliphatic carbocycles. The minimum Gasteiger partial charge on any atom is -0.247 e. The van der Waals surface area contributed by atoms with Crippen molar-refractivity contribution in [3.8, 4) is 0 Å². The molecule has 0 aliphatic rings. The maximum absolute atomic E-state index is 12.0. The first-order chi connectivity index (χ1) is 4.13. The van der Waals surface area contributed by atoms with Crippen LogP contribution in [0.3, 0.4) is 0 Å². The molecule has 0 radical (unpaired) electrons. The highest BCUT2D eigenvalue weighted by Gasteiger charge is 2.00. The van der Waals surface area contributed by atoms with Gasteiger partial charge in [0.05, 0.1) is 0 Å². The standard InChI is InChI=1S/C6H12F2S/c1-5(7)3-9-4-6(2)8/h5-6H,3-4H2,1-2H3. The highest BCUT2D eigenvalue weighted by molar-refractivity contribution is 7.99. The van der Waals surface area contributed by atoms with Gasteiger partial charge in [0.1, 0.15) is 12.3 Å². The van der Waals surface area contributed by atoms with Crippen LogP contribution < -0.4 is 0 Å². The summed E-state index contributed by atoms with van der Waals surface area (Å²) in [5, 5.41) is 0. The summed E-state index contributed by atoms with van der Waals surface area (Å²) < 4.78 is 24.0. The monoisotopic (exact) mass is 154 g/mol. The summed E-state index contributed by atoms with van der Waals surface area (Å²) in [7, 11) is 0. The van der Waals surface area contributed by atoms with Gasteiger partial charge in [-0.25, -0.2) is 8.78 Å². The molecule has 2 unspecified atom stereocenters. The van der Waals surface area contributed by atoms with Crippen molar-refractivity contribution < 1.29 is 8.78 Å². The van der Waals surface area contributed by atoms with Crippen molar-refractivity contribution >= 4 is 11.8 Å². The average Bonchev–Trinajstić information content (AvgIpc) is 1.63. The maximum atomic E-state index is 12.0. The molecule has 0 bridgehead atoms. The zero-order valence-corrected chi connectivity index (χ0v) is 6.55. The maximum Gasteiger partial charge on any atom is 0.106 e. The molecule has 0 spiro atoms. The van der Waals surface area contributed by atoms with E-state index in [2.05, 4.69) is 0 Å². The predicted molar refractivity (Wildman–Crippen MR) is 38.5 cm³/mol. The summed E-state index contributed by atoms with van der Waals surface area (Å²) in [6.45, 7) is 2.96. The fourth-order valence-electron chi connectivity index (χ4n) is 0.393. The molecule has 0 aromatic carbocycles. The van der Waals surface area contributed by atoms with Crippen LogP contribution in [0.25, 0.3) is 0 Å². The Balaban J connectivity index is 2.91. The largest absolute Gasteiger partial charge is 0.247 e. The normalized spacial score (nSPS) is 17.3. The summed E-state index contributed by atoms with van der Waals surface area (Å²) in [5.74, 6) is 0.822. The third kappa shape index (κ3) is 8.21. The number of rotatable bonds is 4. The number of thioether (sulfide) groups is 1. The van der Waals surface area contributed by atoms with E-state index in [-0.39, 0.29) is 0 Å². The van der Waals surface area contributed by atoms with Crippen molar-refractivity contribution in [2.45, 2.75) is 26.2 Å². The Kier molecular flexibility index (Phi) is 5.15. The van der Waals surface area contributed by atoms with Gasteiger partial charge in [0.2, 0.25) is 0 Å². The molecule has 0 nitrogen and oxygen atoms in total. The first kappa shape index (κ1) is 9.21. The highest BCUT2D eigenvalue weighted by atomic mass is 32.2. The summed E-state index contributed by atoms with van der Waals surface area (Å²) in [6.07, 6.45) is -1.62. The summed E-state index contributed by atoms with van der Waals surface area (Å²) in [4.78, 5) is 0. The van der Waals surface area contributed by atoms with Gasteiger partial charge in [0, 0.05) is 11.5 Å². The molecule has 0 amide bonds. The van der Waals surface area contributed by atoms with Gasteiger partial charge >= 0.3 is 0 Å². The number of alkyl halides is 2. The lowest BCUT2D eigenvalue weighted by Gasteiger charge is -2.01. The summed E-state index contributed by atoms with van der Waals surface area (Å²) in [5.41, 5.74) is 0. The van der Waals surface area contributed by atoms with Crippen LogP contribution in [0.2, 0.25) is 0 Å². The van der Waals surface area contributed by atoms with E-state index in [1.165, 1.54) is 25.6 Å². The van der Waals surface area contributed by atoms with E-state index in [0.717, 1.165) is 0 Å². The molecule has 0 saturated heterocycles. The first-order valence-electron chi connectivity index (χ1n) is 2.98. The van der Waals surface area contributed by atoms with E-state index in [1.54, 1.807) is 0 Å². The van der Waals surface area contributed by atoms with Crippen LogP contribution in [-0.4, -0.2) is 23.8 Å². The van der Waals surface area contributed by atoms with Crippen LogP contribution in [-0.2, 0) is 0 Å². The molecule has 56 valence electrons. The third-order valence-corrected chi connectivity index (χ3v) is 2.09. The van der Waals surface area contributed by atoms with E-state index < -0.39 is 12.3 Å². The second kappa shape index (κ2) is 5.03. The van der Waals surface area contributed by atoms with E-state index in [4.69, 9.17) is 0 Å². The van der Waals surface area contributed by atoms with Crippen molar-refractivity contribution in [1.29, 1.82) is 0 Å². The minimum absolute atomic E-state index is 0.411. The van der Waals surface area contributed by atoms with E-state index in [1.807, 2.05) is 0 Å². The van der Waals surface area contributed by atoms with Crippen LogP contribution >= 0.6 is 11.8 Å². The predicted octanol–water partition coefficient (Wildman–Crippen LogP) is 2.44. The SMILES string of the molecule is CC(F)CSCC(C)F. The number of hydrogen-bond acceptors (Lipinski definition) is 1. The van der Waals surface area contributed by atoms with Gasteiger partial charge < -0.3 is 0 Å². The van der Waals surface area contributed by atoms with Crippen molar-refractivity contribution in [2.24, 2.45) is 0 Å². The molecular formula is C6H12F2S. The topological polar surface area (TPSA) is 0 Å². The third-order valence-electron chi connectivity index (χ3n) is 0.695. The molecule has 0 aromatic heterocycles. The van der Waals surface area contributed by atoms with Crippen LogP contribution in [0, 0.1) is 0 Å². The molecule has 0 fully saturated rings. The molecule has 0 rings (SSSR count). The van der Waals surface area contributed by atoms with Gasteiger partial charge in [-0.1, -0.05) is 0 Å². The zero-order chi connectivity index (χ0) is 7.28. The Morgan fingerprint density at radius 1 is 1.11 bits per heavy atom. The Hall–Kier alpha value is 0.210. The molecule has 9 heavy (non-hydrogen) atoms. The van der Waals surface area contributed by atoms with E-state index in [0.29, 0.717) is 11.5 Å². The first-order valence-corrected chi connectivity index (χ1v) is 4.14. The molecule has 3 heteroatoms. The molecule has 0 N–H and O–H groups in total. The zero-order valence-electron chi connectivity index (χ0n) is 5.73. The molecule has 0 saturated carbocycles. The number of halogens is 2. The average molecular weight is 154 g/mol. The lowest BCUT2D eigenvalue weighted by molar-refractivity contribution is 0.390. The van der Waals surface area contributed by atoms with Crippen LogP contribution in [0.1, 0.15) is 13.8 Å². The number of hydrogen-bond donors (Lipinski definition) is 0. The van der Waals surface area contributed by atoms with Crippen LogP contribution in [0.5, 0.6) is 0 Å². The Labute approximate surface area is 59.0 Å². The molecule has 0 aliphatic heterocycles. The Morgan fingerprint density at radius 2 is 1.44 bits per heavy atom. The quantitative estimate of drug-likeness (QED) is 0.599. The highest BCUT2D eigenvalue weighted by Crippen LogP contribution is 2.08. The molecule has 0 heterocycles. The van der Waals surface area contributed by atoms with Crippen LogP contribution in [0.4, 0.5) is 8.78 Å².